The van der Waals surface area contributed by atoms with E-state index in [1.54, 1.807) is 12.1 Å². The Morgan fingerprint density at radius 3 is 2.53 bits per heavy atom. The van der Waals surface area contributed by atoms with Gasteiger partial charge in [-0.05, 0) is 25.5 Å². The van der Waals surface area contributed by atoms with E-state index in [4.69, 9.17) is 4.42 Å². The standard InChI is InChI=1S/C19H23F2N5O3S/c1-3-4-8-11-25(30(27,28)16-12-22-26(14(16)2)19(20)21)13-17-23-24-18(29-17)15-9-6-5-7-10-15/h5-7,9-10,12,19H,3-4,8,11,13H2,1-2H3. The van der Waals surface area contributed by atoms with Crippen molar-refractivity contribution in [1.82, 2.24) is 24.3 Å². The molecule has 2 aromatic heterocycles. The minimum Gasteiger partial charge on any atom is -0.419 e. The molecule has 0 atom stereocenters. The Morgan fingerprint density at radius 2 is 1.90 bits per heavy atom. The Kier molecular flexibility index (Phi) is 6.93. The monoisotopic (exact) mass is 439 g/mol. The van der Waals surface area contributed by atoms with Crippen molar-refractivity contribution in [3.63, 3.8) is 0 Å². The quantitative estimate of drug-likeness (QED) is 0.443. The maximum Gasteiger partial charge on any atom is 0.333 e. The summed E-state index contributed by atoms with van der Waals surface area (Å²) < 4.78 is 59.7. The van der Waals surface area contributed by atoms with E-state index >= 15 is 0 Å². The molecule has 3 rings (SSSR count). The predicted molar refractivity (Wildman–Crippen MR) is 105 cm³/mol. The van der Waals surface area contributed by atoms with Crippen LogP contribution in [0.15, 0.2) is 45.8 Å². The molecule has 0 saturated carbocycles. The topological polar surface area (TPSA) is 94.1 Å². The summed E-state index contributed by atoms with van der Waals surface area (Å²) in [7, 11) is -4.09. The molecule has 0 saturated heterocycles. The molecule has 0 aliphatic rings. The van der Waals surface area contributed by atoms with Crippen LogP contribution >= 0.6 is 0 Å². The van der Waals surface area contributed by atoms with Crippen molar-refractivity contribution in [2.45, 2.75) is 51.1 Å². The smallest absolute Gasteiger partial charge is 0.333 e. The van der Waals surface area contributed by atoms with Crippen LogP contribution in [0.25, 0.3) is 11.5 Å². The zero-order valence-corrected chi connectivity index (χ0v) is 17.5. The van der Waals surface area contributed by atoms with Crippen molar-refractivity contribution in [2.24, 2.45) is 0 Å². The molecule has 11 heteroatoms. The number of sulfonamides is 1. The van der Waals surface area contributed by atoms with Crippen molar-refractivity contribution in [2.75, 3.05) is 6.54 Å². The van der Waals surface area contributed by atoms with Crippen LogP contribution in [0.2, 0.25) is 0 Å². The first-order chi connectivity index (χ1) is 14.3. The summed E-state index contributed by atoms with van der Waals surface area (Å²) in [6.45, 7) is 0.409. The van der Waals surface area contributed by atoms with Gasteiger partial charge >= 0.3 is 6.55 Å². The van der Waals surface area contributed by atoms with Gasteiger partial charge in [0.25, 0.3) is 0 Å². The second-order valence-corrected chi connectivity index (χ2v) is 8.64. The van der Waals surface area contributed by atoms with Crippen molar-refractivity contribution >= 4 is 10.0 Å². The number of nitrogens with zero attached hydrogens (tertiary/aromatic N) is 5. The van der Waals surface area contributed by atoms with Crippen LogP contribution in [0, 0.1) is 6.92 Å². The largest absolute Gasteiger partial charge is 0.419 e. The number of halogens is 2. The van der Waals surface area contributed by atoms with E-state index in [1.807, 2.05) is 25.1 Å². The zero-order valence-electron chi connectivity index (χ0n) is 16.7. The van der Waals surface area contributed by atoms with Gasteiger partial charge in [-0.15, -0.1) is 10.2 Å². The highest BCUT2D eigenvalue weighted by Gasteiger charge is 2.31. The SMILES string of the molecule is CCCCCN(Cc1nnc(-c2ccccc2)o1)S(=O)(=O)c1cnn(C(F)F)c1C. The molecule has 0 spiro atoms. The molecule has 2 heterocycles. The average molecular weight is 439 g/mol. The molecule has 0 bridgehead atoms. The predicted octanol–water partition coefficient (Wildman–Crippen LogP) is 4.02. The Bertz CT molecular complexity index is 1070. The molecule has 162 valence electrons. The second-order valence-electron chi connectivity index (χ2n) is 6.73. The minimum atomic E-state index is -4.09. The third-order valence-corrected chi connectivity index (χ3v) is 6.56. The maximum absolute atomic E-state index is 13.2. The van der Waals surface area contributed by atoms with E-state index in [2.05, 4.69) is 15.3 Å². The Balaban J connectivity index is 1.88. The Hall–Kier alpha value is -2.66. The second kappa shape index (κ2) is 9.43. The molecule has 8 nitrogen and oxygen atoms in total. The van der Waals surface area contributed by atoms with Crippen LogP contribution in [-0.2, 0) is 16.6 Å². The van der Waals surface area contributed by atoms with Crippen LogP contribution in [0.4, 0.5) is 8.78 Å². The van der Waals surface area contributed by atoms with E-state index in [-0.39, 0.29) is 35.5 Å². The molecule has 30 heavy (non-hydrogen) atoms. The third-order valence-electron chi connectivity index (χ3n) is 4.61. The molecule has 0 amide bonds. The van der Waals surface area contributed by atoms with Crippen LogP contribution in [-0.4, -0.2) is 39.2 Å². The van der Waals surface area contributed by atoms with Gasteiger partial charge < -0.3 is 4.42 Å². The van der Waals surface area contributed by atoms with E-state index in [0.717, 1.165) is 19.0 Å². The van der Waals surface area contributed by atoms with Crippen molar-refractivity contribution in [3.8, 4) is 11.5 Å². The van der Waals surface area contributed by atoms with Crippen LogP contribution in [0.1, 0.15) is 44.3 Å². The van der Waals surface area contributed by atoms with E-state index < -0.39 is 16.6 Å². The molecule has 3 aromatic rings. The lowest BCUT2D eigenvalue weighted by atomic mass is 10.2. The number of benzene rings is 1. The highest BCUT2D eigenvalue weighted by atomic mass is 32.2. The summed E-state index contributed by atoms with van der Waals surface area (Å²) in [5.74, 6) is 0.394. The highest BCUT2D eigenvalue weighted by molar-refractivity contribution is 7.89. The van der Waals surface area contributed by atoms with Gasteiger partial charge in [-0.1, -0.05) is 38.0 Å². The van der Waals surface area contributed by atoms with Gasteiger partial charge in [0, 0.05) is 12.1 Å². The molecule has 1 aromatic carbocycles. The van der Waals surface area contributed by atoms with Gasteiger partial charge in [-0.3, -0.25) is 0 Å². The Morgan fingerprint density at radius 1 is 1.17 bits per heavy atom. The summed E-state index contributed by atoms with van der Waals surface area (Å²) in [5, 5.41) is 11.5. The van der Waals surface area contributed by atoms with Crippen molar-refractivity contribution < 1.29 is 21.6 Å². The summed E-state index contributed by atoms with van der Waals surface area (Å²) in [6, 6.07) is 9.10. The van der Waals surface area contributed by atoms with Gasteiger partial charge in [0.1, 0.15) is 4.90 Å². The van der Waals surface area contributed by atoms with Crippen LogP contribution in [0.3, 0.4) is 0 Å². The number of rotatable bonds is 10. The molecular weight excluding hydrogens is 416 g/mol. The molecule has 0 radical (unpaired) electrons. The fourth-order valence-corrected chi connectivity index (χ4v) is 4.56. The van der Waals surface area contributed by atoms with Gasteiger partial charge in [0.05, 0.1) is 18.4 Å². The van der Waals surface area contributed by atoms with E-state index in [1.165, 1.54) is 11.2 Å². The first-order valence-electron chi connectivity index (χ1n) is 9.54. The molecule has 0 fully saturated rings. The summed E-state index contributed by atoms with van der Waals surface area (Å²) in [5.41, 5.74) is 0.590. The summed E-state index contributed by atoms with van der Waals surface area (Å²) in [4.78, 5) is -0.262. The zero-order chi connectivity index (χ0) is 21.7. The minimum absolute atomic E-state index is 0.118. The summed E-state index contributed by atoms with van der Waals surface area (Å²) in [6.07, 6.45) is 3.28. The van der Waals surface area contributed by atoms with Crippen molar-refractivity contribution in [1.29, 1.82) is 0 Å². The maximum atomic E-state index is 13.2. The average Bonchev–Trinajstić information content (AvgIpc) is 3.35. The normalized spacial score (nSPS) is 12.2. The summed E-state index contributed by atoms with van der Waals surface area (Å²) >= 11 is 0. The number of unbranched alkanes of at least 4 members (excludes halogenated alkanes) is 2. The molecule has 0 N–H and O–H groups in total. The first-order valence-corrected chi connectivity index (χ1v) is 11.0. The fourth-order valence-electron chi connectivity index (χ4n) is 2.98. The molecule has 0 aliphatic heterocycles. The number of hydrogen-bond donors (Lipinski definition) is 0. The van der Waals surface area contributed by atoms with Gasteiger partial charge in [-0.25, -0.2) is 13.1 Å². The lowest BCUT2D eigenvalue weighted by Gasteiger charge is -2.20. The number of aromatic nitrogens is 4. The molecular formula is C19H23F2N5O3S. The van der Waals surface area contributed by atoms with Gasteiger partial charge in [-0.2, -0.15) is 18.2 Å². The third kappa shape index (κ3) is 4.73. The van der Waals surface area contributed by atoms with Crippen LogP contribution in [0.5, 0.6) is 0 Å². The first kappa shape index (κ1) is 22.0. The molecule has 0 aliphatic carbocycles. The van der Waals surface area contributed by atoms with E-state index in [0.29, 0.717) is 16.7 Å². The highest BCUT2D eigenvalue weighted by Crippen LogP contribution is 2.25. The molecule has 0 unspecified atom stereocenters. The van der Waals surface area contributed by atoms with Gasteiger partial charge in [0.2, 0.25) is 21.8 Å². The van der Waals surface area contributed by atoms with Gasteiger partial charge in [0.15, 0.2) is 0 Å². The number of hydrogen-bond acceptors (Lipinski definition) is 6. The van der Waals surface area contributed by atoms with Crippen molar-refractivity contribution in [3.05, 3.63) is 48.1 Å². The van der Waals surface area contributed by atoms with Crippen LogP contribution < -0.4 is 0 Å². The number of alkyl halides is 2. The lowest BCUT2D eigenvalue weighted by Crippen LogP contribution is -2.32. The Labute approximate surface area is 173 Å². The fraction of sp³-hybridized carbons (Fsp3) is 0.421. The van der Waals surface area contributed by atoms with E-state index in [9.17, 15) is 17.2 Å². The lowest BCUT2D eigenvalue weighted by molar-refractivity contribution is 0.0541.